The Labute approximate surface area is 361 Å². The lowest BCUT2D eigenvalue weighted by molar-refractivity contribution is -0.307. The monoisotopic (exact) mass is 846 g/mol. The molecule has 4 aliphatic rings. The molecule has 11 heteroatoms. The van der Waals surface area contributed by atoms with Gasteiger partial charge in [0.1, 0.15) is 5.75 Å². The number of nitrogens with zero attached hydrogens (tertiary/aromatic N) is 1. The van der Waals surface area contributed by atoms with Crippen molar-refractivity contribution in [3.05, 3.63) is 123 Å². The predicted octanol–water partition coefficient (Wildman–Crippen LogP) is 8.18. The molecular formula is C49H56N3O6S2-. The number of hydrogen-bond acceptors (Lipinski definition) is 11. The molecule has 0 amide bonds. The molecule has 4 unspecified atom stereocenters. The molecule has 2 aliphatic heterocycles. The maximum absolute atomic E-state index is 14.1. The number of rotatable bonds is 6. The van der Waals surface area contributed by atoms with Crippen LogP contribution in [0.1, 0.15) is 122 Å². The second kappa shape index (κ2) is 20.0. The van der Waals surface area contributed by atoms with Crippen molar-refractivity contribution in [1.29, 1.82) is 0 Å². The van der Waals surface area contributed by atoms with E-state index in [4.69, 9.17) is 16.2 Å². The molecule has 316 valence electrons. The first-order valence-electron chi connectivity index (χ1n) is 21.2. The van der Waals surface area contributed by atoms with Crippen molar-refractivity contribution in [1.82, 2.24) is 0 Å². The Kier molecular flexibility index (Phi) is 14.5. The highest BCUT2D eigenvalue weighted by Crippen LogP contribution is 2.49. The third kappa shape index (κ3) is 10.9. The van der Waals surface area contributed by atoms with E-state index in [-0.39, 0.29) is 47.6 Å². The van der Waals surface area contributed by atoms with Crippen molar-refractivity contribution in [2.45, 2.75) is 108 Å². The smallest absolute Gasteiger partial charge is 0.161 e. The lowest BCUT2D eigenvalue weighted by atomic mass is 9.79. The van der Waals surface area contributed by atoms with Crippen molar-refractivity contribution in [2.24, 2.45) is 27.8 Å². The SMILES string of the molecule is CC(O)CCCCC12C=CC(=O)CCc3ccc(O)c(c3)OCCc3ccc(O)c(c3)C3CC([O-])=C4C=CN=C4CC#Cc4cc(C(N)N)c(cc43)CSSCC(CC1)C2. The molecule has 0 spiro atoms. The second-order valence-electron chi connectivity index (χ2n) is 16.8. The number of nitrogens with two attached hydrogens (primary N) is 2. The first-order chi connectivity index (χ1) is 29.0. The number of carbonyl (C=O) groups excluding carboxylic acids is 1. The van der Waals surface area contributed by atoms with E-state index >= 15 is 0 Å². The first-order valence-corrected chi connectivity index (χ1v) is 23.7. The van der Waals surface area contributed by atoms with Crippen molar-refractivity contribution in [2.75, 3.05) is 12.4 Å². The summed E-state index contributed by atoms with van der Waals surface area (Å²) in [6.07, 6.45) is 14.9. The minimum absolute atomic E-state index is 0.0184. The van der Waals surface area contributed by atoms with Gasteiger partial charge in [-0.25, -0.2) is 0 Å². The van der Waals surface area contributed by atoms with Gasteiger partial charge in [-0.1, -0.05) is 76.6 Å². The molecule has 2 aliphatic carbocycles. The predicted molar refractivity (Wildman–Crippen MR) is 241 cm³/mol. The fraction of sp³-hybridized carbons (Fsp3) is 0.429. The fourth-order valence-corrected chi connectivity index (χ4v) is 11.5. The summed E-state index contributed by atoms with van der Waals surface area (Å²) in [6.45, 7) is 2.08. The van der Waals surface area contributed by atoms with Gasteiger partial charge in [0.25, 0.3) is 0 Å². The van der Waals surface area contributed by atoms with Gasteiger partial charge in [0.2, 0.25) is 0 Å². The van der Waals surface area contributed by atoms with Gasteiger partial charge in [0.05, 0.1) is 31.0 Å². The van der Waals surface area contributed by atoms with E-state index in [1.807, 2.05) is 42.0 Å². The van der Waals surface area contributed by atoms with Gasteiger partial charge < -0.3 is 36.6 Å². The molecule has 0 aromatic heterocycles. The summed E-state index contributed by atoms with van der Waals surface area (Å²) in [5.41, 5.74) is 19.7. The summed E-state index contributed by atoms with van der Waals surface area (Å²) in [7, 11) is 3.60. The summed E-state index contributed by atoms with van der Waals surface area (Å²) in [5, 5.41) is 46.2. The van der Waals surface area contributed by atoms with Crippen molar-refractivity contribution >= 4 is 33.1 Å². The van der Waals surface area contributed by atoms with Crippen LogP contribution in [-0.2, 0) is 23.4 Å². The van der Waals surface area contributed by atoms with Gasteiger partial charge in [-0.15, -0.1) is 5.76 Å². The first kappa shape index (κ1) is 43.6. The number of hydrogen-bond donors (Lipinski definition) is 5. The third-order valence-electron chi connectivity index (χ3n) is 12.3. The summed E-state index contributed by atoms with van der Waals surface area (Å²) in [6, 6.07) is 14.7. The molecule has 9 nitrogen and oxygen atoms in total. The number of phenolic OH excluding ortho intramolecular Hbond substituents is 2. The molecule has 0 saturated heterocycles. The quantitative estimate of drug-likeness (QED) is 0.0705. The molecule has 60 heavy (non-hydrogen) atoms. The lowest BCUT2D eigenvalue weighted by Gasteiger charge is -2.28. The Hall–Kier alpha value is -4.44. The third-order valence-corrected chi connectivity index (χ3v) is 14.8. The average Bonchev–Trinajstić information content (AvgIpc) is 3.87. The highest BCUT2D eigenvalue weighted by molar-refractivity contribution is 8.76. The van der Waals surface area contributed by atoms with Gasteiger partial charge in [0, 0.05) is 47.6 Å². The molecule has 7 N–H and O–H groups in total. The number of aliphatic hydroxyl groups excluding tert-OH is 1. The van der Waals surface area contributed by atoms with E-state index in [0.717, 1.165) is 78.5 Å². The number of carbonyl (C=O) groups is 1. The van der Waals surface area contributed by atoms with Gasteiger partial charge in [0.15, 0.2) is 17.3 Å². The number of ketones is 1. The number of phenols is 2. The zero-order valence-electron chi connectivity index (χ0n) is 34.3. The summed E-state index contributed by atoms with van der Waals surface area (Å²) in [5.74, 6) is 8.59. The molecule has 8 bridgehead atoms. The standard InChI is InChI=1S/C49H57N3O6S2/c1-31(53)5-2-3-18-49-19-14-34(28-49)29-59-60-30-36-26-39-35(25-40(36)48(50)51)6-4-7-43-38(16-21-52-43)46(57)27-41(39)42-23-33(9-12-44(42)55)17-22-58-47-24-32(10-13-45(47)56)8-11-37(54)15-20-49/h9-10,12-13,15-16,20-21,23-26,31,34,41,48,53,55-57H,2-3,5,7-8,11,14,17-19,22,27-30,50-51H2,1H3/p-1. The van der Waals surface area contributed by atoms with Gasteiger partial charge >= 0.3 is 0 Å². The maximum Gasteiger partial charge on any atom is 0.161 e. The topological polar surface area (TPSA) is 174 Å². The van der Waals surface area contributed by atoms with E-state index in [0.29, 0.717) is 65.5 Å². The molecule has 0 radical (unpaired) electrons. The van der Waals surface area contributed by atoms with Crippen LogP contribution in [0.15, 0.2) is 89.3 Å². The zero-order valence-corrected chi connectivity index (χ0v) is 36.0. The molecule has 1 fully saturated rings. The van der Waals surface area contributed by atoms with Crippen LogP contribution in [0.3, 0.4) is 0 Å². The molecule has 1 saturated carbocycles. The molecule has 3 aromatic rings. The van der Waals surface area contributed by atoms with Gasteiger partial charge in [-0.3, -0.25) is 9.79 Å². The average molecular weight is 847 g/mol. The Balaban J connectivity index is 1.24. The minimum Gasteiger partial charge on any atom is -0.875 e. The van der Waals surface area contributed by atoms with Crippen molar-refractivity contribution in [3.8, 4) is 29.1 Å². The number of unbranched alkanes of at least 4 members (excludes halogenated alkanes) is 1. The van der Waals surface area contributed by atoms with Crippen molar-refractivity contribution < 1.29 is 30.0 Å². The van der Waals surface area contributed by atoms with E-state index < -0.39 is 12.1 Å². The highest BCUT2D eigenvalue weighted by atomic mass is 33.1. The normalized spacial score (nSPS) is 22.8. The van der Waals surface area contributed by atoms with E-state index in [2.05, 4.69) is 29.0 Å². The molecular weight excluding hydrogens is 791 g/mol. The Morgan fingerprint density at radius 1 is 1.00 bits per heavy atom. The van der Waals surface area contributed by atoms with E-state index in [1.54, 1.807) is 47.3 Å². The molecule has 7 rings (SSSR count). The molecule has 4 atom stereocenters. The van der Waals surface area contributed by atoms with E-state index in [9.17, 15) is 25.2 Å². The van der Waals surface area contributed by atoms with E-state index in [1.165, 1.54) is 0 Å². The van der Waals surface area contributed by atoms with Crippen LogP contribution in [0.25, 0.3) is 0 Å². The summed E-state index contributed by atoms with van der Waals surface area (Å²) < 4.78 is 6.12. The van der Waals surface area contributed by atoms with Crippen molar-refractivity contribution in [3.63, 3.8) is 0 Å². The van der Waals surface area contributed by atoms with Gasteiger partial charge in [-0.2, -0.15) is 0 Å². The fourth-order valence-electron chi connectivity index (χ4n) is 8.99. The maximum atomic E-state index is 14.1. The highest BCUT2D eigenvalue weighted by Gasteiger charge is 2.37. The molecule has 3 aromatic carbocycles. The number of fused-ring (bicyclic) bond motifs is 9. The minimum atomic E-state index is -0.747. The Morgan fingerprint density at radius 3 is 2.63 bits per heavy atom. The van der Waals surface area contributed by atoms with Crippen LogP contribution >= 0.6 is 21.6 Å². The van der Waals surface area contributed by atoms with Crippen LogP contribution in [0.2, 0.25) is 0 Å². The number of aryl methyl sites for hydroxylation is 1. The lowest BCUT2D eigenvalue weighted by Crippen LogP contribution is -2.23. The number of aliphatic hydroxyl groups is 1. The summed E-state index contributed by atoms with van der Waals surface area (Å²) >= 11 is 0. The van der Waals surface area contributed by atoms with Crippen LogP contribution in [0.5, 0.6) is 17.2 Å². The number of ether oxygens (including phenoxy) is 1. The zero-order chi connectivity index (χ0) is 42.2. The number of aliphatic imine (C=N–C) groups is 1. The van der Waals surface area contributed by atoms with Crippen LogP contribution < -0.4 is 21.3 Å². The largest absolute Gasteiger partial charge is 0.875 e. The van der Waals surface area contributed by atoms with Crippen LogP contribution in [0.4, 0.5) is 0 Å². The van der Waals surface area contributed by atoms with Gasteiger partial charge in [-0.05, 0) is 133 Å². The van der Waals surface area contributed by atoms with Crippen LogP contribution in [0, 0.1) is 23.2 Å². The number of benzene rings is 3. The van der Waals surface area contributed by atoms with Crippen LogP contribution in [-0.4, -0.2) is 45.3 Å². The number of aromatic hydroxyl groups is 2. The Bertz CT molecular complexity index is 2250. The summed E-state index contributed by atoms with van der Waals surface area (Å²) in [4.78, 5) is 17.7. The molecule has 2 heterocycles. The number of allylic oxidation sites excluding steroid dienone is 5. The second-order valence-corrected chi connectivity index (χ2v) is 19.3. The Morgan fingerprint density at radius 2 is 1.82 bits per heavy atom.